The SMILES string of the molecule is O=C(C1C=CC=CC=C1)N1C[C@@H](O)C[C@H]1c1cccc(C(F)(F)F)c1. The molecule has 1 aromatic carbocycles. The van der Waals surface area contributed by atoms with Crippen LogP contribution in [0.3, 0.4) is 0 Å². The molecule has 3 rings (SSSR count). The zero-order chi connectivity index (χ0) is 18.0. The Morgan fingerprint density at radius 1 is 1.12 bits per heavy atom. The van der Waals surface area contributed by atoms with Crippen molar-refractivity contribution in [2.45, 2.75) is 24.7 Å². The molecule has 0 bridgehead atoms. The summed E-state index contributed by atoms with van der Waals surface area (Å²) in [7, 11) is 0. The minimum Gasteiger partial charge on any atom is -0.391 e. The van der Waals surface area contributed by atoms with E-state index < -0.39 is 29.8 Å². The van der Waals surface area contributed by atoms with Gasteiger partial charge in [0.25, 0.3) is 0 Å². The van der Waals surface area contributed by atoms with Crippen LogP contribution >= 0.6 is 0 Å². The lowest BCUT2D eigenvalue weighted by atomic mass is 9.99. The Labute approximate surface area is 143 Å². The lowest BCUT2D eigenvalue weighted by Gasteiger charge is -2.27. The smallest absolute Gasteiger partial charge is 0.391 e. The molecule has 6 heteroatoms. The molecule has 1 fully saturated rings. The summed E-state index contributed by atoms with van der Waals surface area (Å²) in [6.45, 7) is 0.116. The monoisotopic (exact) mass is 349 g/mol. The number of hydrogen-bond acceptors (Lipinski definition) is 2. The van der Waals surface area contributed by atoms with E-state index in [0.29, 0.717) is 5.56 Å². The Bertz CT molecular complexity index is 720. The van der Waals surface area contributed by atoms with Crippen LogP contribution in [-0.4, -0.2) is 28.6 Å². The zero-order valence-electron chi connectivity index (χ0n) is 13.4. The quantitative estimate of drug-likeness (QED) is 0.886. The van der Waals surface area contributed by atoms with Crippen molar-refractivity contribution in [3.8, 4) is 0 Å². The molecule has 1 aliphatic heterocycles. The van der Waals surface area contributed by atoms with E-state index in [-0.39, 0.29) is 18.9 Å². The molecule has 132 valence electrons. The number of likely N-dealkylation sites (tertiary alicyclic amines) is 1. The number of alkyl halides is 3. The van der Waals surface area contributed by atoms with Crippen LogP contribution in [0, 0.1) is 5.92 Å². The third kappa shape index (κ3) is 3.85. The van der Waals surface area contributed by atoms with Gasteiger partial charge in [0.15, 0.2) is 0 Å². The van der Waals surface area contributed by atoms with E-state index in [0.717, 1.165) is 12.1 Å². The normalized spacial score (nSPS) is 23.9. The summed E-state index contributed by atoms with van der Waals surface area (Å²) in [5, 5.41) is 10.00. The van der Waals surface area contributed by atoms with E-state index >= 15 is 0 Å². The number of aliphatic hydroxyl groups is 1. The van der Waals surface area contributed by atoms with Crippen LogP contribution in [0.25, 0.3) is 0 Å². The number of aliphatic hydroxyl groups excluding tert-OH is 1. The molecule has 0 unspecified atom stereocenters. The summed E-state index contributed by atoms with van der Waals surface area (Å²) >= 11 is 0. The lowest BCUT2D eigenvalue weighted by Crippen LogP contribution is -2.35. The second-order valence-corrected chi connectivity index (χ2v) is 6.20. The van der Waals surface area contributed by atoms with E-state index in [9.17, 15) is 23.1 Å². The summed E-state index contributed by atoms with van der Waals surface area (Å²) < 4.78 is 38.9. The van der Waals surface area contributed by atoms with Gasteiger partial charge in [0.2, 0.25) is 5.91 Å². The number of carbonyl (C=O) groups is 1. The molecule has 1 amide bonds. The minimum absolute atomic E-state index is 0.116. The van der Waals surface area contributed by atoms with Crippen LogP contribution < -0.4 is 0 Å². The van der Waals surface area contributed by atoms with Crippen molar-refractivity contribution < 1.29 is 23.1 Å². The number of carbonyl (C=O) groups excluding carboxylic acids is 1. The highest BCUT2D eigenvalue weighted by Gasteiger charge is 2.38. The van der Waals surface area contributed by atoms with Crippen molar-refractivity contribution >= 4 is 5.91 Å². The fourth-order valence-corrected chi connectivity index (χ4v) is 3.21. The van der Waals surface area contributed by atoms with Gasteiger partial charge in [-0.1, -0.05) is 48.6 Å². The molecule has 3 nitrogen and oxygen atoms in total. The number of allylic oxidation sites excluding steroid dienone is 4. The number of nitrogens with zero attached hydrogens (tertiary/aromatic N) is 1. The summed E-state index contributed by atoms with van der Waals surface area (Å²) in [5.74, 6) is -0.719. The van der Waals surface area contributed by atoms with Gasteiger partial charge in [-0.2, -0.15) is 13.2 Å². The van der Waals surface area contributed by atoms with Crippen molar-refractivity contribution in [2.75, 3.05) is 6.54 Å². The maximum Gasteiger partial charge on any atom is 0.416 e. The fraction of sp³-hybridized carbons (Fsp3) is 0.316. The molecular formula is C19H18F3NO2. The molecule has 25 heavy (non-hydrogen) atoms. The van der Waals surface area contributed by atoms with E-state index in [4.69, 9.17) is 0 Å². The molecule has 1 aliphatic carbocycles. The van der Waals surface area contributed by atoms with Gasteiger partial charge in [0, 0.05) is 6.54 Å². The molecule has 1 heterocycles. The molecule has 0 aromatic heterocycles. The molecular weight excluding hydrogens is 331 g/mol. The van der Waals surface area contributed by atoms with Gasteiger partial charge in [-0.3, -0.25) is 4.79 Å². The number of amides is 1. The minimum atomic E-state index is -4.44. The lowest BCUT2D eigenvalue weighted by molar-refractivity contribution is -0.137. The number of hydrogen-bond donors (Lipinski definition) is 1. The zero-order valence-corrected chi connectivity index (χ0v) is 13.4. The summed E-state index contributed by atoms with van der Waals surface area (Å²) in [4.78, 5) is 14.3. The number of rotatable bonds is 2. The summed E-state index contributed by atoms with van der Waals surface area (Å²) in [5.41, 5.74) is -0.364. The van der Waals surface area contributed by atoms with Crippen LogP contribution in [0.2, 0.25) is 0 Å². The van der Waals surface area contributed by atoms with E-state index in [1.54, 1.807) is 42.5 Å². The highest BCUT2D eigenvalue weighted by atomic mass is 19.4. The van der Waals surface area contributed by atoms with E-state index in [1.807, 2.05) is 0 Å². The van der Waals surface area contributed by atoms with E-state index in [2.05, 4.69) is 0 Å². The van der Waals surface area contributed by atoms with Crippen molar-refractivity contribution in [3.63, 3.8) is 0 Å². The largest absolute Gasteiger partial charge is 0.416 e. The Hall–Kier alpha value is -2.34. The number of halogens is 3. The summed E-state index contributed by atoms with van der Waals surface area (Å²) in [6, 6.07) is 4.40. The first-order chi connectivity index (χ1) is 11.9. The molecule has 0 radical (unpaired) electrons. The predicted molar refractivity (Wildman–Crippen MR) is 87.4 cm³/mol. The first-order valence-corrected chi connectivity index (χ1v) is 8.03. The Morgan fingerprint density at radius 2 is 1.80 bits per heavy atom. The Kier molecular flexibility index (Phi) is 4.81. The standard InChI is InChI=1S/C19H18F3NO2/c20-19(21,22)15-9-5-8-14(10-15)17-11-16(24)12-23(17)18(25)13-6-3-1-2-4-7-13/h1-10,13,16-17,24H,11-12H2/t16-,17-/m0/s1. The van der Waals surface area contributed by atoms with Crippen LogP contribution in [0.5, 0.6) is 0 Å². The van der Waals surface area contributed by atoms with Gasteiger partial charge in [-0.15, -0.1) is 0 Å². The summed E-state index contributed by atoms with van der Waals surface area (Å²) in [6.07, 6.45) is 5.61. The Morgan fingerprint density at radius 3 is 2.44 bits per heavy atom. The van der Waals surface area contributed by atoms with Crippen LogP contribution in [0.1, 0.15) is 23.6 Å². The average molecular weight is 349 g/mol. The van der Waals surface area contributed by atoms with Crippen molar-refractivity contribution in [2.24, 2.45) is 5.92 Å². The molecule has 1 N–H and O–H groups in total. The predicted octanol–water partition coefficient (Wildman–Crippen LogP) is 3.64. The first-order valence-electron chi connectivity index (χ1n) is 8.03. The molecule has 1 aromatic rings. The average Bonchev–Trinajstić information content (AvgIpc) is 2.79. The third-order valence-corrected chi connectivity index (χ3v) is 4.42. The van der Waals surface area contributed by atoms with Gasteiger partial charge >= 0.3 is 6.18 Å². The Balaban J connectivity index is 1.88. The second kappa shape index (κ2) is 6.88. The van der Waals surface area contributed by atoms with Gasteiger partial charge < -0.3 is 10.0 Å². The van der Waals surface area contributed by atoms with E-state index in [1.165, 1.54) is 11.0 Å². The van der Waals surface area contributed by atoms with Crippen molar-refractivity contribution in [3.05, 3.63) is 71.8 Å². The van der Waals surface area contributed by atoms with Crippen molar-refractivity contribution in [1.29, 1.82) is 0 Å². The number of benzene rings is 1. The maximum atomic E-state index is 13.0. The third-order valence-electron chi connectivity index (χ3n) is 4.42. The maximum absolute atomic E-state index is 13.0. The van der Waals surface area contributed by atoms with Crippen LogP contribution in [-0.2, 0) is 11.0 Å². The highest BCUT2D eigenvalue weighted by Crippen LogP contribution is 2.37. The molecule has 0 saturated carbocycles. The van der Waals surface area contributed by atoms with Gasteiger partial charge in [-0.25, -0.2) is 0 Å². The molecule has 0 spiro atoms. The first kappa shape index (κ1) is 17.5. The molecule has 2 atom stereocenters. The van der Waals surface area contributed by atoms with Gasteiger partial charge in [0.05, 0.1) is 23.6 Å². The molecule has 1 saturated heterocycles. The second-order valence-electron chi connectivity index (χ2n) is 6.20. The molecule has 2 aliphatic rings. The van der Waals surface area contributed by atoms with Gasteiger partial charge in [0.1, 0.15) is 0 Å². The number of β-amino-alcohol motifs (C(OH)–C–C–N with tert-alkyl or cyclic N) is 1. The van der Waals surface area contributed by atoms with Gasteiger partial charge in [-0.05, 0) is 24.1 Å². The topological polar surface area (TPSA) is 40.5 Å². The van der Waals surface area contributed by atoms with Crippen LogP contribution in [0.4, 0.5) is 13.2 Å². The van der Waals surface area contributed by atoms with Crippen molar-refractivity contribution in [1.82, 2.24) is 4.90 Å². The highest BCUT2D eigenvalue weighted by molar-refractivity contribution is 5.83. The van der Waals surface area contributed by atoms with Crippen LogP contribution in [0.15, 0.2) is 60.7 Å². The fourth-order valence-electron chi connectivity index (χ4n) is 3.21.